The molecule has 0 amide bonds. The first-order chi connectivity index (χ1) is 17.1. The van der Waals surface area contributed by atoms with E-state index in [1.165, 1.54) is 42.5 Å². The predicted octanol–water partition coefficient (Wildman–Crippen LogP) is 3.23. The van der Waals surface area contributed by atoms with E-state index in [1.54, 1.807) is 6.07 Å². The molecule has 0 spiro atoms. The molecule has 0 radical (unpaired) electrons. The quantitative estimate of drug-likeness (QED) is 0.210. The van der Waals surface area contributed by atoms with Gasteiger partial charge in [-0.1, -0.05) is 25.1 Å². The Balaban J connectivity index is 1.72. The van der Waals surface area contributed by atoms with Crippen molar-refractivity contribution in [1.29, 1.82) is 0 Å². The van der Waals surface area contributed by atoms with E-state index < -0.39 is 41.6 Å². The summed E-state index contributed by atoms with van der Waals surface area (Å²) in [5.74, 6) is -5.40. The standard InChI is InChI=1S/C26H24O10/c1-2-13-4-8-17(29)24-21(13)22(23(36-24)14-5-7-16(28)19(31)11-14)26(34)35-20(25(32)33)10-12-3-6-15(27)18(30)9-12/h3-9,11,20,22-23,27-31H,2,10H2,1H3,(H,32,33). The van der Waals surface area contributed by atoms with E-state index in [9.17, 15) is 40.2 Å². The Bertz CT molecular complexity index is 1330. The van der Waals surface area contributed by atoms with Crippen LogP contribution in [0, 0.1) is 0 Å². The second-order valence-corrected chi connectivity index (χ2v) is 8.40. The van der Waals surface area contributed by atoms with E-state index in [0.717, 1.165) is 0 Å². The van der Waals surface area contributed by atoms with Gasteiger partial charge in [0, 0.05) is 12.0 Å². The number of aromatic hydroxyl groups is 5. The second-order valence-electron chi connectivity index (χ2n) is 8.40. The summed E-state index contributed by atoms with van der Waals surface area (Å²) in [6, 6.07) is 10.7. The number of aryl methyl sites for hydroxylation is 1. The molecule has 0 bridgehead atoms. The Labute approximate surface area is 205 Å². The smallest absolute Gasteiger partial charge is 0.345 e. The zero-order valence-electron chi connectivity index (χ0n) is 19.1. The third-order valence-electron chi connectivity index (χ3n) is 6.08. The van der Waals surface area contributed by atoms with Gasteiger partial charge in [0.1, 0.15) is 12.0 Å². The van der Waals surface area contributed by atoms with Gasteiger partial charge in [-0.3, -0.25) is 4.79 Å². The molecule has 3 unspecified atom stereocenters. The lowest BCUT2D eigenvalue weighted by Crippen LogP contribution is -2.33. The van der Waals surface area contributed by atoms with Gasteiger partial charge in [0.05, 0.1) is 0 Å². The van der Waals surface area contributed by atoms with Crippen molar-refractivity contribution in [1.82, 2.24) is 0 Å². The van der Waals surface area contributed by atoms with Crippen molar-refractivity contribution in [2.24, 2.45) is 0 Å². The average Bonchev–Trinajstić information content (AvgIpc) is 3.24. The summed E-state index contributed by atoms with van der Waals surface area (Å²) >= 11 is 0. The molecule has 3 aromatic carbocycles. The number of carboxylic acid groups (broad SMARTS) is 1. The molecule has 10 nitrogen and oxygen atoms in total. The highest BCUT2D eigenvalue weighted by atomic mass is 16.6. The van der Waals surface area contributed by atoms with E-state index in [1.807, 2.05) is 6.92 Å². The van der Waals surface area contributed by atoms with Gasteiger partial charge in [0.2, 0.25) is 6.10 Å². The topological polar surface area (TPSA) is 174 Å². The summed E-state index contributed by atoms with van der Waals surface area (Å²) in [5, 5.41) is 59.0. The zero-order chi connectivity index (χ0) is 26.1. The van der Waals surface area contributed by atoms with Crippen LogP contribution in [0.1, 0.15) is 41.2 Å². The molecule has 0 aliphatic carbocycles. The van der Waals surface area contributed by atoms with Crippen molar-refractivity contribution < 1.29 is 49.7 Å². The molecule has 0 saturated heterocycles. The molecule has 1 aliphatic heterocycles. The van der Waals surface area contributed by atoms with Crippen molar-refractivity contribution in [3.63, 3.8) is 0 Å². The van der Waals surface area contributed by atoms with E-state index in [4.69, 9.17) is 9.47 Å². The van der Waals surface area contributed by atoms with Crippen LogP contribution in [0.4, 0.5) is 0 Å². The molecule has 36 heavy (non-hydrogen) atoms. The maximum absolute atomic E-state index is 13.5. The van der Waals surface area contributed by atoms with Crippen molar-refractivity contribution in [3.8, 4) is 34.5 Å². The number of rotatable bonds is 7. The van der Waals surface area contributed by atoms with Gasteiger partial charge in [-0.25, -0.2) is 4.79 Å². The SMILES string of the molecule is CCc1ccc(O)c2c1C(C(=O)OC(Cc1ccc(O)c(O)c1)C(=O)O)C(c1ccc(O)c(O)c1)O2. The molecule has 6 N–H and O–H groups in total. The first-order valence-electron chi connectivity index (χ1n) is 11.1. The van der Waals surface area contributed by atoms with E-state index >= 15 is 0 Å². The third kappa shape index (κ3) is 4.52. The number of benzene rings is 3. The lowest BCUT2D eigenvalue weighted by molar-refractivity contribution is -0.166. The molecule has 4 rings (SSSR count). The molecule has 3 atom stereocenters. The zero-order valence-corrected chi connectivity index (χ0v) is 19.1. The fourth-order valence-corrected chi connectivity index (χ4v) is 4.27. The average molecular weight is 496 g/mol. The molecule has 10 heteroatoms. The Morgan fingerprint density at radius 1 is 0.889 bits per heavy atom. The summed E-state index contributed by atoms with van der Waals surface area (Å²) < 4.78 is 11.3. The highest BCUT2D eigenvalue weighted by molar-refractivity contribution is 5.86. The third-order valence-corrected chi connectivity index (χ3v) is 6.08. The predicted molar refractivity (Wildman–Crippen MR) is 124 cm³/mol. The molecule has 3 aromatic rings. The van der Waals surface area contributed by atoms with Crippen LogP contribution in [-0.4, -0.2) is 48.7 Å². The minimum atomic E-state index is -1.64. The number of hydrogen-bond acceptors (Lipinski definition) is 9. The Hall–Kier alpha value is -4.60. The fourth-order valence-electron chi connectivity index (χ4n) is 4.27. The van der Waals surface area contributed by atoms with Gasteiger partial charge in [-0.05, 0) is 53.4 Å². The Morgan fingerprint density at radius 2 is 1.53 bits per heavy atom. The molecular weight excluding hydrogens is 472 g/mol. The van der Waals surface area contributed by atoms with Gasteiger partial charge in [0.15, 0.2) is 34.5 Å². The number of carboxylic acids is 1. The fraction of sp³-hybridized carbons (Fsp3) is 0.231. The van der Waals surface area contributed by atoms with Crippen molar-refractivity contribution in [2.75, 3.05) is 0 Å². The number of ether oxygens (including phenoxy) is 2. The van der Waals surface area contributed by atoms with Gasteiger partial charge < -0.3 is 40.1 Å². The summed E-state index contributed by atoms with van der Waals surface area (Å²) in [4.78, 5) is 25.4. The Morgan fingerprint density at radius 3 is 2.14 bits per heavy atom. The van der Waals surface area contributed by atoms with Crippen molar-refractivity contribution in [3.05, 3.63) is 70.8 Å². The second kappa shape index (κ2) is 9.57. The largest absolute Gasteiger partial charge is 0.504 e. The first-order valence-corrected chi connectivity index (χ1v) is 11.1. The number of fused-ring (bicyclic) bond motifs is 1. The van der Waals surface area contributed by atoms with Gasteiger partial charge in [-0.15, -0.1) is 0 Å². The van der Waals surface area contributed by atoms with Gasteiger partial charge >= 0.3 is 11.9 Å². The van der Waals surface area contributed by atoms with E-state index in [-0.39, 0.29) is 29.4 Å². The van der Waals surface area contributed by atoms with Crippen LogP contribution in [0.15, 0.2) is 48.5 Å². The van der Waals surface area contributed by atoms with Crippen LogP contribution in [-0.2, 0) is 27.2 Å². The Kier molecular flexibility index (Phi) is 6.52. The molecule has 188 valence electrons. The maximum Gasteiger partial charge on any atom is 0.345 e. The molecule has 1 aliphatic rings. The summed E-state index contributed by atoms with van der Waals surface area (Å²) in [7, 11) is 0. The normalized spacial score (nSPS) is 17.1. The lowest BCUT2D eigenvalue weighted by Gasteiger charge is -2.22. The molecule has 1 heterocycles. The van der Waals surface area contributed by atoms with Crippen molar-refractivity contribution >= 4 is 11.9 Å². The number of carbonyl (C=O) groups excluding carboxylic acids is 1. The van der Waals surface area contributed by atoms with Crippen LogP contribution in [0.5, 0.6) is 34.5 Å². The highest BCUT2D eigenvalue weighted by Crippen LogP contribution is 2.52. The van der Waals surface area contributed by atoms with Crippen LogP contribution in [0.25, 0.3) is 0 Å². The molecule has 0 aromatic heterocycles. The monoisotopic (exact) mass is 496 g/mol. The van der Waals surface area contributed by atoms with Crippen LogP contribution in [0.2, 0.25) is 0 Å². The number of hydrogen-bond donors (Lipinski definition) is 6. The number of phenols is 5. The van der Waals surface area contributed by atoms with Crippen LogP contribution < -0.4 is 4.74 Å². The minimum Gasteiger partial charge on any atom is -0.504 e. The molecule has 0 fully saturated rings. The maximum atomic E-state index is 13.5. The number of aliphatic carboxylic acids is 1. The van der Waals surface area contributed by atoms with E-state index in [0.29, 0.717) is 28.7 Å². The highest BCUT2D eigenvalue weighted by Gasteiger charge is 2.45. The van der Waals surface area contributed by atoms with E-state index in [2.05, 4.69) is 0 Å². The lowest BCUT2D eigenvalue weighted by atomic mass is 9.87. The van der Waals surface area contributed by atoms with Crippen molar-refractivity contribution in [2.45, 2.75) is 37.9 Å². The summed E-state index contributed by atoms with van der Waals surface area (Å²) in [6.45, 7) is 1.84. The molecular formula is C26H24O10. The number of carbonyl (C=O) groups is 2. The minimum absolute atomic E-state index is 0.0456. The van der Waals surface area contributed by atoms with Crippen LogP contribution in [0.3, 0.4) is 0 Å². The summed E-state index contributed by atoms with van der Waals surface area (Å²) in [5.41, 5.74) is 1.61. The number of phenolic OH excluding ortho intramolecular Hbond substituents is 5. The summed E-state index contributed by atoms with van der Waals surface area (Å²) in [6.07, 6.45) is -2.55. The van der Waals surface area contributed by atoms with Gasteiger partial charge in [0.25, 0.3) is 0 Å². The first kappa shape index (κ1) is 24.5. The number of esters is 1. The van der Waals surface area contributed by atoms with Crippen LogP contribution >= 0.6 is 0 Å². The molecule has 0 saturated carbocycles. The van der Waals surface area contributed by atoms with Gasteiger partial charge in [-0.2, -0.15) is 0 Å².